The largest absolute Gasteiger partial charge is 0.444 e. The summed E-state index contributed by atoms with van der Waals surface area (Å²) in [7, 11) is 0. The van der Waals surface area contributed by atoms with E-state index in [9.17, 15) is 4.79 Å². The number of fused-ring (bicyclic) bond motifs is 1. The second-order valence-electron chi connectivity index (χ2n) is 6.18. The van der Waals surface area contributed by atoms with Crippen molar-refractivity contribution >= 4 is 11.7 Å². The molecule has 0 fully saturated rings. The Hall–Kier alpha value is -2.08. The van der Waals surface area contributed by atoms with Crippen molar-refractivity contribution in [2.75, 3.05) is 13.1 Å². The first-order chi connectivity index (χ1) is 10.4. The number of ether oxygens (including phenoxy) is 1. The molecule has 0 atom stereocenters. The minimum Gasteiger partial charge on any atom is -0.444 e. The summed E-state index contributed by atoms with van der Waals surface area (Å²) < 4.78 is 7.25. The second-order valence-corrected chi connectivity index (χ2v) is 6.18. The maximum atomic E-state index is 11.5. The number of rotatable bonds is 5. The monoisotopic (exact) mass is 304 g/mol. The summed E-state index contributed by atoms with van der Waals surface area (Å²) in [5.41, 5.74) is 2.63. The van der Waals surface area contributed by atoms with E-state index in [1.807, 2.05) is 52.1 Å². The molecule has 2 heterocycles. The molecule has 0 aliphatic heterocycles. The lowest BCUT2D eigenvalue weighted by molar-refractivity contribution is 0.0528. The van der Waals surface area contributed by atoms with Gasteiger partial charge in [-0.15, -0.1) is 0 Å². The molecule has 120 valence electrons. The topological polar surface area (TPSA) is 67.7 Å². The van der Waals surface area contributed by atoms with Gasteiger partial charge in [-0.25, -0.2) is 9.78 Å². The van der Waals surface area contributed by atoms with Crippen molar-refractivity contribution in [2.45, 2.75) is 39.8 Å². The molecule has 22 heavy (non-hydrogen) atoms. The van der Waals surface area contributed by atoms with Gasteiger partial charge in [0.15, 0.2) is 0 Å². The molecule has 2 aromatic rings. The molecule has 0 aliphatic carbocycles. The van der Waals surface area contributed by atoms with Crippen LogP contribution in [-0.2, 0) is 11.3 Å². The third-order valence-corrected chi connectivity index (χ3v) is 3.09. The van der Waals surface area contributed by atoms with Crippen molar-refractivity contribution in [2.24, 2.45) is 0 Å². The number of pyridine rings is 1. The highest BCUT2D eigenvalue weighted by molar-refractivity contribution is 5.67. The summed E-state index contributed by atoms with van der Waals surface area (Å²) >= 11 is 0. The Bertz CT molecular complexity index is 643. The zero-order valence-electron chi connectivity index (χ0n) is 13.6. The van der Waals surface area contributed by atoms with Gasteiger partial charge in [0.25, 0.3) is 0 Å². The number of hydrogen-bond acceptors (Lipinski definition) is 4. The van der Waals surface area contributed by atoms with E-state index < -0.39 is 5.60 Å². The van der Waals surface area contributed by atoms with Crippen molar-refractivity contribution in [3.05, 3.63) is 35.8 Å². The van der Waals surface area contributed by atoms with Gasteiger partial charge in [0.1, 0.15) is 11.2 Å². The first-order valence-corrected chi connectivity index (χ1v) is 7.47. The van der Waals surface area contributed by atoms with Gasteiger partial charge >= 0.3 is 6.09 Å². The summed E-state index contributed by atoms with van der Waals surface area (Å²) in [4.78, 5) is 16.0. The predicted octanol–water partition coefficient (Wildman–Crippen LogP) is 2.26. The smallest absolute Gasteiger partial charge is 0.407 e. The summed E-state index contributed by atoms with van der Waals surface area (Å²) in [6.45, 7) is 9.43. The van der Waals surface area contributed by atoms with Crippen LogP contribution in [0, 0.1) is 6.92 Å². The van der Waals surface area contributed by atoms with Gasteiger partial charge in [0, 0.05) is 25.8 Å². The van der Waals surface area contributed by atoms with Gasteiger partial charge in [0.2, 0.25) is 0 Å². The second kappa shape index (κ2) is 6.79. The number of hydrogen-bond donors (Lipinski definition) is 2. The van der Waals surface area contributed by atoms with Gasteiger partial charge in [-0.1, -0.05) is 6.07 Å². The van der Waals surface area contributed by atoms with E-state index in [4.69, 9.17) is 4.74 Å². The predicted molar refractivity (Wildman–Crippen MR) is 85.9 cm³/mol. The van der Waals surface area contributed by atoms with Crippen LogP contribution in [0.15, 0.2) is 24.4 Å². The number of nitrogens with zero attached hydrogens (tertiary/aromatic N) is 2. The fourth-order valence-electron chi connectivity index (χ4n) is 2.15. The van der Waals surface area contributed by atoms with Crippen molar-refractivity contribution in [1.82, 2.24) is 20.0 Å². The van der Waals surface area contributed by atoms with Crippen LogP contribution in [0.1, 0.15) is 32.2 Å². The number of alkyl carbamates (subject to hydrolysis) is 1. The maximum Gasteiger partial charge on any atom is 0.407 e. The fraction of sp³-hybridized carbons (Fsp3) is 0.500. The molecule has 0 saturated carbocycles. The number of amides is 1. The van der Waals surface area contributed by atoms with Crippen LogP contribution in [0.4, 0.5) is 4.79 Å². The van der Waals surface area contributed by atoms with E-state index in [-0.39, 0.29) is 6.09 Å². The molecular weight excluding hydrogens is 280 g/mol. The van der Waals surface area contributed by atoms with E-state index in [0.29, 0.717) is 19.6 Å². The molecule has 0 unspecified atom stereocenters. The highest BCUT2D eigenvalue weighted by atomic mass is 16.6. The van der Waals surface area contributed by atoms with Crippen molar-refractivity contribution in [1.29, 1.82) is 0 Å². The van der Waals surface area contributed by atoms with E-state index in [2.05, 4.69) is 20.0 Å². The Labute approximate surface area is 130 Å². The van der Waals surface area contributed by atoms with Gasteiger partial charge in [0.05, 0.1) is 11.4 Å². The number of nitrogens with one attached hydrogen (secondary N) is 2. The standard InChI is InChI=1S/C16H24N4O2/c1-12-13(20-10-6-5-7-14(20)19-12)11-17-8-9-18-15(21)22-16(2,3)4/h5-7,10,17H,8-9,11H2,1-4H3,(H,18,21). The molecule has 2 aromatic heterocycles. The minimum atomic E-state index is -0.467. The van der Waals surface area contributed by atoms with E-state index in [1.54, 1.807) is 0 Å². The Balaban J connectivity index is 1.77. The molecule has 0 saturated heterocycles. The highest BCUT2D eigenvalue weighted by Crippen LogP contribution is 2.11. The lowest BCUT2D eigenvalue weighted by Crippen LogP contribution is -2.36. The summed E-state index contributed by atoms with van der Waals surface area (Å²) in [5, 5.41) is 6.03. The summed E-state index contributed by atoms with van der Waals surface area (Å²) in [5.74, 6) is 0. The molecule has 6 nitrogen and oxygen atoms in total. The molecule has 0 bridgehead atoms. The van der Waals surface area contributed by atoms with Crippen LogP contribution in [0.5, 0.6) is 0 Å². The third-order valence-electron chi connectivity index (χ3n) is 3.09. The molecule has 2 N–H and O–H groups in total. The van der Waals surface area contributed by atoms with Crippen molar-refractivity contribution in [3.63, 3.8) is 0 Å². The van der Waals surface area contributed by atoms with Gasteiger partial charge in [-0.05, 0) is 39.8 Å². The van der Waals surface area contributed by atoms with Crippen LogP contribution in [-0.4, -0.2) is 34.2 Å². The van der Waals surface area contributed by atoms with E-state index in [1.165, 1.54) is 0 Å². The Kier molecular flexibility index (Phi) is 5.03. The Morgan fingerprint density at radius 2 is 2.09 bits per heavy atom. The molecule has 2 rings (SSSR count). The van der Waals surface area contributed by atoms with Crippen molar-refractivity contribution in [3.8, 4) is 0 Å². The zero-order chi connectivity index (χ0) is 16.2. The van der Waals surface area contributed by atoms with Gasteiger partial charge < -0.3 is 19.8 Å². The van der Waals surface area contributed by atoms with Crippen LogP contribution in [0.25, 0.3) is 5.65 Å². The summed E-state index contributed by atoms with van der Waals surface area (Å²) in [6.07, 6.45) is 1.62. The van der Waals surface area contributed by atoms with Gasteiger partial charge in [-0.2, -0.15) is 0 Å². The number of carbonyl (C=O) groups excluding carboxylic acids is 1. The van der Waals surface area contributed by atoms with E-state index >= 15 is 0 Å². The first-order valence-electron chi connectivity index (χ1n) is 7.47. The van der Waals surface area contributed by atoms with E-state index in [0.717, 1.165) is 17.0 Å². The molecule has 0 spiro atoms. The number of aromatic nitrogens is 2. The van der Waals surface area contributed by atoms with Crippen LogP contribution >= 0.6 is 0 Å². The Morgan fingerprint density at radius 3 is 2.82 bits per heavy atom. The lowest BCUT2D eigenvalue weighted by atomic mass is 10.2. The molecular formula is C16H24N4O2. The minimum absolute atomic E-state index is 0.389. The number of aryl methyl sites for hydroxylation is 1. The summed E-state index contributed by atoms with van der Waals surface area (Å²) in [6, 6.07) is 5.95. The molecule has 0 aromatic carbocycles. The molecule has 0 aliphatic rings. The highest BCUT2D eigenvalue weighted by Gasteiger charge is 2.15. The quantitative estimate of drug-likeness (QED) is 0.832. The van der Waals surface area contributed by atoms with Gasteiger partial charge in [-0.3, -0.25) is 0 Å². The van der Waals surface area contributed by atoms with Crippen LogP contribution in [0.3, 0.4) is 0 Å². The van der Waals surface area contributed by atoms with Crippen LogP contribution < -0.4 is 10.6 Å². The fourth-order valence-corrected chi connectivity index (χ4v) is 2.15. The average molecular weight is 304 g/mol. The zero-order valence-corrected chi connectivity index (χ0v) is 13.6. The molecule has 0 radical (unpaired) electrons. The maximum absolute atomic E-state index is 11.5. The number of imidazole rings is 1. The normalized spacial score (nSPS) is 11.6. The average Bonchev–Trinajstić information content (AvgIpc) is 2.72. The van der Waals surface area contributed by atoms with Crippen molar-refractivity contribution < 1.29 is 9.53 Å². The third kappa shape index (κ3) is 4.46. The number of carbonyl (C=O) groups is 1. The Morgan fingerprint density at radius 1 is 1.32 bits per heavy atom. The SMILES string of the molecule is Cc1nc2ccccn2c1CNCCNC(=O)OC(C)(C)C. The molecule has 6 heteroatoms. The van der Waals surface area contributed by atoms with Crippen LogP contribution in [0.2, 0.25) is 0 Å². The lowest BCUT2D eigenvalue weighted by Gasteiger charge is -2.19. The molecule has 1 amide bonds. The first kappa shape index (κ1) is 16.3.